The SMILES string of the molecule is CCCCCN1C(=O)CC[C@@H](C(=O)O)[C@H]1c1ccco1. The average molecular weight is 279 g/mol. The minimum Gasteiger partial charge on any atom is -0.481 e. The van der Waals surface area contributed by atoms with Gasteiger partial charge in [0.05, 0.1) is 12.2 Å². The van der Waals surface area contributed by atoms with Gasteiger partial charge in [0.25, 0.3) is 0 Å². The predicted molar refractivity (Wildman–Crippen MR) is 73.0 cm³/mol. The van der Waals surface area contributed by atoms with Crippen LogP contribution in [0.2, 0.25) is 0 Å². The third kappa shape index (κ3) is 3.03. The van der Waals surface area contributed by atoms with Crippen LogP contribution in [0.3, 0.4) is 0 Å². The number of carboxylic acids is 1. The number of hydrogen-bond donors (Lipinski definition) is 1. The summed E-state index contributed by atoms with van der Waals surface area (Å²) in [4.78, 5) is 25.3. The van der Waals surface area contributed by atoms with Crippen LogP contribution in [-0.2, 0) is 9.59 Å². The Morgan fingerprint density at radius 2 is 2.30 bits per heavy atom. The van der Waals surface area contributed by atoms with Gasteiger partial charge in [-0.25, -0.2) is 0 Å². The van der Waals surface area contributed by atoms with Gasteiger partial charge in [-0.15, -0.1) is 0 Å². The average Bonchev–Trinajstić information content (AvgIpc) is 2.93. The fourth-order valence-electron chi connectivity index (χ4n) is 2.82. The largest absolute Gasteiger partial charge is 0.481 e. The van der Waals surface area contributed by atoms with Gasteiger partial charge in [-0.2, -0.15) is 0 Å². The molecule has 2 heterocycles. The highest BCUT2D eigenvalue weighted by Gasteiger charge is 2.41. The van der Waals surface area contributed by atoms with Gasteiger partial charge in [-0.3, -0.25) is 9.59 Å². The second-order valence-electron chi connectivity index (χ2n) is 5.24. The summed E-state index contributed by atoms with van der Waals surface area (Å²) in [5.74, 6) is -0.846. The highest BCUT2D eigenvalue weighted by molar-refractivity contribution is 5.81. The molecule has 0 aromatic carbocycles. The van der Waals surface area contributed by atoms with Crippen molar-refractivity contribution >= 4 is 11.9 Å². The van der Waals surface area contributed by atoms with Crippen molar-refractivity contribution in [3.05, 3.63) is 24.2 Å². The number of likely N-dealkylation sites (tertiary alicyclic amines) is 1. The smallest absolute Gasteiger partial charge is 0.309 e. The molecule has 1 saturated heterocycles. The molecule has 1 N–H and O–H groups in total. The fraction of sp³-hybridized carbons (Fsp3) is 0.600. The molecule has 0 bridgehead atoms. The molecule has 0 aliphatic carbocycles. The van der Waals surface area contributed by atoms with Crippen LogP contribution in [-0.4, -0.2) is 28.4 Å². The zero-order valence-corrected chi connectivity index (χ0v) is 11.7. The fourth-order valence-corrected chi connectivity index (χ4v) is 2.82. The van der Waals surface area contributed by atoms with Gasteiger partial charge in [0.15, 0.2) is 0 Å². The van der Waals surface area contributed by atoms with Crippen LogP contribution in [0, 0.1) is 5.92 Å². The van der Waals surface area contributed by atoms with Gasteiger partial charge in [-0.1, -0.05) is 19.8 Å². The lowest BCUT2D eigenvalue weighted by atomic mass is 9.87. The van der Waals surface area contributed by atoms with Crippen molar-refractivity contribution < 1.29 is 19.1 Å². The number of piperidine rings is 1. The Bertz CT molecular complexity index is 454. The summed E-state index contributed by atoms with van der Waals surface area (Å²) < 4.78 is 5.38. The minimum absolute atomic E-state index is 0.0278. The van der Waals surface area contributed by atoms with Gasteiger partial charge in [0, 0.05) is 13.0 Å². The van der Waals surface area contributed by atoms with Crippen molar-refractivity contribution in [2.75, 3.05) is 6.54 Å². The Morgan fingerprint density at radius 1 is 1.50 bits per heavy atom. The number of amides is 1. The van der Waals surface area contributed by atoms with Crippen LogP contribution in [0.25, 0.3) is 0 Å². The van der Waals surface area contributed by atoms with E-state index in [0.717, 1.165) is 19.3 Å². The molecule has 20 heavy (non-hydrogen) atoms. The number of hydrogen-bond acceptors (Lipinski definition) is 3. The first kappa shape index (κ1) is 14.6. The maximum atomic E-state index is 12.2. The Balaban J connectivity index is 2.22. The zero-order valence-electron chi connectivity index (χ0n) is 11.7. The van der Waals surface area contributed by atoms with Gasteiger partial charge in [-0.05, 0) is 25.0 Å². The Kier molecular flexibility index (Phi) is 4.82. The quantitative estimate of drug-likeness (QED) is 0.813. The normalized spacial score (nSPS) is 23.1. The van der Waals surface area contributed by atoms with E-state index in [1.165, 1.54) is 6.26 Å². The van der Waals surface area contributed by atoms with Crippen molar-refractivity contribution in [3.63, 3.8) is 0 Å². The zero-order chi connectivity index (χ0) is 14.5. The summed E-state index contributed by atoms with van der Waals surface area (Å²) in [6, 6.07) is 3.02. The van der Waals surface area contributed by atoms with Crippen LogP contribution in [0.1, 0.15) is 50.8 Å². The number of carbonyl (C=O) groups is 2. The second kappa shape index (κ2) is 6.59. The molecule has 0 radical (unpaired) electrons. The lowest BCUT2D eigenvalue weighted by Crippen LogP contribution is -2.45. The molecule has 2 atom stereocenters. The van der Waals surface area contributed by atoms with E-state index >= 15 is 0 Å². The molecule has 0 unspecified atom stereocenters. The van der Waals surface area contributed by atoms with E-state index in [1.807, 2.05) is 0 Å². The molecule has 1 fully saturated rings. The second-order valence-corrected chi connectivity index (χ2v) is 5.24. The van der Waals surface area contributed by atoms with Crippen LogP contribution in [0.4, 0.5) is 0 Å². The van der Waals surface area contributed by atoms with E-state index in [1.54, 1.807) is 17.0 Å². The van der Waals surface area contributed by atoms with E-state index in [0.29, 0.717) is 25.1 Å². The molecular weight excluding hydrogens is 258 g/mol. The van der Waals surface area contributed by atoms with Gasteiger partial charge < -0.3 is 14.4 Å². The lowest BCUT2D eigenvalue weighted by molar-refractivity contribution is -0.152. The predicted octanol–water partition coefficient (Wildman–Crippen LogP) is 2.83. The highest BCUT2D eigenvalue weighted by Crippen LogP contribution is 2.37. The van der Waals surface area contributed by atoms with E-state index in [9.17, 15) is 14.7 Å². The third-order valence-electron chi connectivity index (χ3n) is 3.86. The summed E-state index contributed by atoms with van der Waals surface area (Å²) in [5, 5.41) is 9.40. The van der Waals surface area contributed by atoms with E-state index in [2.05, 4.69) is 6.92 Å². The van der Waals surface area contributed by atoms with Crippen molar-refractivity contribution in [1.82, 2.24) is 4.90 Å². The van der Waals surface area contributed by atoms with Crippen LogP contribution < -0.4 is 0 Å². The minimum atomic E-state index is -0.862. The number of rotatable bonds is 6. The Labute approximate surface area is 118 Å². The topological polar surface area (TPSA) is 70.8 Å². The number of aliphatic carboxylic acids is 1. The van der Waals surface area contributed by atoms with Crippen molar-refractivity contribution in [2.45, 2.75) is 45.1 Å². The Morgan fingerprint density at radius 3 is 2.90 bits per heavy atom. The molecule has 1 aliphatic heterocycles. The van der Waals surface area contributed by atoms with Gasteiger partial charge in [0.2, 0.25) is 5.91 Å². The van der Waals surface area contributed by atoms with E-state index in [4.69, 9.17) is 4.42 Å². The number of nitrogens with zero attached hydrogens (tertiary/aromatic N) is 1. The summed E-state index contributed by atoms with van der Waals surface area (Å²) >= 11 is 0. The molecule has 1 aromatic rings. The van der Waals surface area contributed by atoms with Gasteiger partial charge >= 0.3 is 5.97 Å². The third-order valence-corrected chi connectivity index (χ3v) is 3.86. The number of unbranched alkanes of at least 4 members (excludes halogenated alkanes) is 2. The van der Waals surface area contributed by atoms with E-state index in [-0.39, 0.29) is 5.91 Å². The number of carbonyl (C=O) groups excluding carboxylic acids is 1. The summed E-state index contributed by atoms with van der Waals surface area (Å²) in [6.07, 6.45) is 5.20. The lowest BCUT2D eigenvalue weighted by Gasteiger charge is -2.38. The molecule has 5 heteroatoms. The first-order chi connectivity index (χ1) is 9.65. The number of carboxylic acid groups (broad SMARTS) is 1. The molecule has 5 nitrogen and oxygen atoms in total. The molecule has 0 spiro atoms. The summed E-state index contributed by atoms with van der Waals surface area (Å²) in [6.45, 7) is 2.70. The molecule has 110 valence electrons. The molecule has 0 saturated carbocycles. The first-order valence-electron chi connectivity index (χ1n) is 7.20. The summed E-state index contributed by atoms with van der Waals surface area (Å²) in [7, 11) is 0. The van der Waals surface area contributed by atoms with Crippen LogP contribution >= 0.6 is 0 Å². The molecular formula is C15H21NO4. The number of furan rings is 1. The van der Waals surface area contributed by atoms with Crippen molar-refractivity contribution in [2.24, 2.45) is 5.92 Å². The maximum absolute atomic E-state index is 12.2. The molecule has 1 aliphatic rings. The molecule has 2 rings (SSSR count). The summed E-state index contributed by atoms with van der Waals surface area (Å²) in [5.41, 5.74) is 0. The van der Waals surface area contributed by atoms with Gasteiger partial charge in [0.1, 0.15) is 11.8 Å². The van der Waals surface area contributed by atoms with Crippen LogP contribution in [0.5, 0.6) is 0 Å². The standard InChI is InChI=1S/C15H21NO4/c1-2-3-4-9-16-13(17)8-7-11(15(18)19)14(16)12-6-5-10-20-12/h5-6,10-11,14H,2-4,7-9H2,1H3,(H,18,19)/t11-,14+/m1/s1. The van der Waals surface area contributed by atoms with E-state index < -0.39 is 17.9 Å². The molecule has 1 amide bonds. The first-order valence-corrected chi connectivity index (χ1v) is 7.20. The van der Waals surface area contributed by atoms with Crippen LogP contribution in [0.15, 0.2) is 22.8 Å². The van der Waals surface area contributed by atoms with Crippen molar-refractivity contribution in [3.8, 4) is 0 Å². The highest BCUT2D eigenvalue weighted by atomic mass is 16.4. The maximum Gasteiger partial charge on any atom is 0.309 e. The molecule has 1 aromatic heterocycles. The monoisotopic (exact) mass is 279 g/mol. The Hall–Kier alpha value is -1.78. The van der Waals surface area contributed by atoms with Crippen molar-refractivity contribution in [1.29, 1.82) is 0 Å².